The fraction of sp³-hybridized carbons (Fsp3) is 0.381. The van der Waals surface area contributed by atoms with Gasteiger partial charge in [-0.15, -0.1) is 12.4 Å². The fourth-order valence-electron chi connectivity index (χ4n) is 3.59. The zero-order valence-electron chi connectivity index (χ0n) is 15.1. The van der Waals surface area contributed by atoms with Gasteiger partial charge in [0.2, 0.25) is 0 Å². The number of ketones is 1. The lowest BCUT2D eigenvalue weighted by atomic mass is 9.70. The molecule has 0 bridgehead atoms. The minimum absolute atomic E-state index is 0. The van der Waals surface area contributed by atoms with Crippen LogP contribution in [0, 0.1) is 0 Å². The van der Waals surface area contributed by atoms with Crippen molar-refractivity contribution >= 4 is 18.2 Å². The average Bonchev–Trinajstić information content (AvgIpc) is 2.64. The lowest BCUT2D eigenvalue weighted by Crippen LogP contribution is -2.47. The van der Waals surface area contributed by atoms with Crippen molar-refractivity contribution in [3.8, 4) is 11.5 Å². The van der Waals surface area contributed by atoms with Gasteiger partial charge in [-0.1, -0.05) is 30.3 Å². The Morgan fingerprint density at radius 3 is 2.27 bits per heavy atom. The number of aromatic hydroxyl groups is 1. The molecule has 0 aliphatic carbocycles. The molecule has 1 saturated heterocycles. The predicted molar refractivity (Wildman–Crippen MR) is 105 cm³/mol. The number of ether oxygens (including phenoxy) is 1. The van der Waals surface area contributed by atoms with Crippen molar-refractivity contribution < 1.29 is 14.6 Å². The van der Waals surface area contributed by atoms with E-state index in [9.17, 15) is 9.90 Å². The Morgan fingerprint density at radius 1 is 1.08 bits per heavy atom. The maximum atomic E-state index is 12.4. The van der Waals surface area contributed by atoms with Crippen LogP contribution in [-0.4, -0.2) is 42.0 Å². The minimum Gasteiger partial charge on any atom is -0.508 e. The quantitative estimate of drug-likeness (QED) is 0.834. The Balaban J connectivity index is 0.00000243. The lowest BCUT2D eigenvalue weighted by Gasteiger charge is -2.40. The Kier molecular flexibility index (Phi) is 7.06. The number of likely N-dealkylation sites (tertiary alicyclic amines) is 1. The Morgan fingerprint density at radius 2 is 1.69 bits per heavy atom. The van der Waals surface area contributed by atoms with Gasteiger partial charge in [-0.2, -0.15) is 0 Å². The van der Waals surface area contributed by atoms with Crippen LogP contribution in [0.5, 0.6) is 11.5 Å². The molecule has 1 N–H and O–H groups in total. The number of nitrogens with zero attached hydrogens (tertiary/aromatic N) is 1. The van der Waals surface area contributed by atoms with Crippen LogP contribution in [0.3, 0.4) is 0 Å². The number of phenolic OH excluding ortho intramolecular Hbond substituents is 1. The first kappa shape index (κ1) is 20.3. The van der Waals surface area contributed by atoms with Crippen LogP contribution in [0.25, 0.3) is 0 Å². The number of halogens is 1. The molecule has 2 aromatic carbocycles. The largest absolute Gasteiger partial charge is 0.508 e. The summed E-state index contributed by atoms with van der Waals surface area (Å²) in [6, 6.07) is 16.9. The van der Waals surface area contributed by atoms with Gasteiger partial charge in [0.1, 0.15) is 23.9 Å². The van der Waals surface area contributed by atoms with Crippen molar-refractivity contribution in [2.24, 2.45) is 0 Å². The van der Waals surface area contributed by atoms with Crippen LogP contribution in [0.15, 0.2) is 54.6 Å². The highest BCUT2D eigenvalue weighted by molar-refractivity contribution is 5.88. The molecule has 1 aliphatic heterocycles. The molecular weight excluding hydrogens is 350 g/mol. The molecule has 3 rings (SSSR count). The van der Waals surface area contributed by atoms with Crippen LogP contribution < -0.4 is 4.74 Å². The maximum absolute atomic E-state index is 12.4. The Labute approximate surface area is 161 Å². The van der Waals surface area contributed by atoms with Crippen molar-refractivity contribution in [1.82, 2.24) is 4.90 Å². The second-order valence-corrected chi connectivity index (χ2v) is 6.69. The van der Waals surface area contributed by atoms with E-state index in [0.29, 0.717) is 6.61 Å². The topological polar surface area (TPSA) is 49.8 Å². The van der Waals surface area contributed by atoms with E-state index >= 15 is 0 Å². The number of piperidine rings is 1. The number of hydrogen-bond acceptors (Lipinski definition) is 4. The zero-order chi connectivity index (χ0) is 17.7. The molecule has 0 saturated carbocycles. The monoisotopic (exact) mass is 375 g/mol. The molecule has 0 atom stereocenters. The van der Waals surface area contributed by atoms with Crippen molar-refractivity contribution in [2.45, 2.75) is 25.2 Å². The third-order valence-electron chi connectivity index (χ3n) is 5.22. The molecule has 0 radical (unpaired) electrons. The van der Waals surface area contributed by atoms with Crippen molar-refractivity contribution in [3.63, 3.8) is 0 Å². The third-order valence-corrected chi connectivity index (χ3v) is 5.22. The standard InChI is InChI=1S/C21H25NO3.ClH/c1-17(23)21(18-5-3-2-4-6-18)11-13-22(14-12-21)15-16-25-20-9-7-19(24)8-10-20;/h2-10,24H,11-16H2,1H3;1H. The summed E-state index contributed by atoms with van der Waals surface area (Å²) in [6.07, 6.45) is 1.71. The molecule has 0 amide bonds. The van der Waals surface area contributed by atoms with Crippen LogP contribution in [0.1, 0.15) is 25.3 Å². The molecule has 0 spiro atoms. The smallest absolute Gasteiger partial charge is 0.140 e. The average molecular weight is 376 g/mol. The predicted octanol–water partition coefficient (Wildman–Crippen LogP) is 3.82. The summed E-state index contributed by atoms with van der Waals surface area (Å²) < 4.78 is 5.73. The van der Waals surface area contributed by atoms with Gasteiger partial charge in [0.25, 0.3) is 0 Å². The van der Waals surface area contributed by atoms with E-state index in [0.717, 1.165) is 43.8 Å². The molecule has 140 valence electrons. The van der Waals surface area contributed by atoms with Crippen LogP contribution in [0.2, 0.25) is 0 Å². The first-order valence-electron chi connectivity index (χ1n) is 8.81. The summed E-state index contributed by atoms with van der Waals surface area (Å²) >= 11 is 0. The number of rotatable bonds is 6. The minimum atomic E-state index is -0.338. The summed E-state index contributed by atoms with van der Waals surface area (Å²) in [6.45, 7) is 4.95. The maximum Gasteiger partial charge on any atom is 0.140 e. The van der Waals surface area contributed by atoms with Gasteiger partial charge in [-0.25, -0.2) is 0 Å². The number of Topliss-reactive ketones (excluding diaryl/α,β-unsaturated/α-hetero) is 1. The lowest BCUT2D eigenvalue weighted by molar-refractivity contribution is -0.124. The second kappa shape index (κ2) is 9.06. The molecule has 0 unspecified atom stereocenters. The van der Waals surface area contributed by atoms with E-state index in [-0.39, 0.29) is 29.4 Å². The number of benzene rings is 2. The second-order valence-electron chi connectivity index (χ2n) is 6.69. The fourth-order valence-corrected chi connectivity index (χ4v) is 3.59. The Hall–Kier alpha value is -2.04. The molecule has 1 heterocycles. The van der Waals surface area contributed by atoms with E-state index < -0.39 is 0 Å². The van der Waals surface area contributed by atoms with E-state index in [1.165, 1.54) is 0 Å². The van der Waals surface area contributed by atoms with E-state index in [1.807, 2.05) is 18.2 Å². The van der Waals surface area contributed by atoms with E-state index in [2.05, 4.69) is 17.0 Å². The highest BCUT2D eigenvalue weighted by Gasteiger charge is 2.40. The van der Waals surface area contributed by atoms with Crippen molar-refractivity contribution in [2.75, 3.05) is 26.2 Å². The van der Waals surface area contributed by atoms with Crippen LogP contribution >= 0.6 is 12.4 Å². The molecule has 4 nitrogen and oxygen atoms in total. The Bertz CT molecular complexity index is 695. The first-order valence-corrected chi connectivity index (χ1v) is 8.81. The van der Waals surface area contributed by atoms with Gasteiger partial charge < -0.3 is 9.84 Å². The zero-order valence-corrected chi connectivity index (χ0v) is 15.9. The summed E-state index contributed by atoms with van der Waals surface area (Å²) in [5, 5.41) is 9.28. The van der Waals surface area contributed by atoms with Gasteiger partial charge in [-0.05, 0) is 62.7 Å². The summed E-state index contributed by atoms with van der Waals surface area (Å²) in [5.74, 6) is 1.26. The molecular formula is C21H26ClNO3. The first-order chi connectivity index (χ1) is 12.1. The summed E-state index contributed by atoms with van der Waals surface area (Å²) in [5.41, 5.74) is 0.803. The normalized spacial score (nSPS) is 16.5. The van der Waals surface area contributed by atoms with Gasteiger partial charge >= 0.3 is 0 Å². The van der Waals surface area contributed by atoms with Crippen LogP contribution in [0.4, 0.5) is 0 Å². The van der Waals surface area contributed by atoms with Crippen molar-refractivity contribution in [1.29, 1.82) is 0 Å². The van der Waals surface area contributed by atoms with Gasteiger partial charge in [-0.3, -0.25) is 9.69 Å². The molecule has 0 aromatic heterocycles. The van der Waals surface area contributed by atoms with Gasteiger partial charge in [0, 0.05) is 6.54 Å². The molecule has 26 heavy (non-hydrogen) atoms. The van der Waals surface area contributed by atoms with E-state index in [1.54, 1.807) is 31.2 Å². The molecule has 5 heteroatoms. The number of phenols is 1. The number of carbonyl (C=O) groups is 1. The highest BCUT2D eigenvalue weighted by atomic mass is 35.5. The summed E-state index contributed by atoms with van der Waals surface area (Å²) in [7, 11) is 0. The van der Waals surface area contributed by atoms with Crippen LogP contribution in [-0.2, 0) is 10.2 Å². The molecule has 2 aromatic rings. The third kappa shape index (κ3) is 4.57. The van der Waals surface area contributed by atoms with Crippen molar-refractivity contribution in [3.05, 3.63) is 60.2 Å². The highest BCUT2D eigenvalue weighted by Crippen LogP contribution is 2.36. The SMILES string of the molecule is CC(=O)C1(c2ccccc2)CCN(CCOc2ccc(O)cc2)CC1.Cl. The van der Waals surface area contributed by atoms with Gasteiger partial charge in [0.15, 0.2) is 0 Å². The van der Waals surface area contributed by atoms with E-state index in [4.69, 9.17) is 4.74 Å². The summed E-state index contributed by atoms with van der Waals surface area (Å²) in [4.78, 5) is 14.7. The number of hydrogen-bond donors (Lipinski definition) is 1. The van der Waals surface area contributed by atoms with Gasteiger partial charge in [0.05, 0.1) is 5.41 Å². The molecule has 1 aliphatic rings. The number of carbonyl (C=O) groups excluding carboxylic acids is 1. The molecule has 1 fully saturated rings.